The maximum absolute atomic E-state index is 11.1. The Balaban J connectivity index is 2.73. The Morgan fingerprint density at radius 2 is 2.00 bits per heavy atom. The zero-order valence-corrected chi connectivity index (χ0v) is 13.9. The number of nitrogens with zero attached hydrogens (tertiary/aromatic N) is 3. The van der Waals surface area contributed by atoms with Crippen LogP contribution < -0.4 is 5.32 Å². The lowest BCUT2D eigenvalue weighted by Gasteiger charge is -2.28. The topological polar surface area (TPSA) is 71.3 Å². The Morgan fingerprint density at radius 1 is 1.38 bits per heavy atom. The van der Waals surface area contributed by atoms with Gasteiger partial charge >= 0.3 is 0 Å². The maximum atomic E-state index is 11.1. The van der Waals surface area contributed by atoms with E-state index in [2.05, 4.69) is 43.1 Å². The smallest absolute Gasteiger partial charge is 0.278 e. The van der Waals surface area contributed by atoms with Crippen LogP contribution in [0.15, 0.2) is 6.20 Å². The molecule has 0 aliphatic heterocycles. The Kier molecular flexibility index (Phi) is 5.80. The summed E-state index contributed by atoms with van der Waals surface area (Å²) in [6, 6.07) is 0. The number of aryl methyl sites for hydroxylation is 1. The molecule has 6 heteroatoms. The van der Waals surface area contributed by atoms with E-state index in [1.54, 1.807) is 20.0 Å². The average Bonchev–Trinajstić information content (AvgIpc) is 2.29. The van der Waals surface area contributed by atoms with Crippen LogP contribution in [0.1, 0.15) is 30.7 Å². The summed E-state index contributed by atoms with van der Waals surface area (Å²) in [5.74, 6) is 0. The van der Waals surface area contributed by atoms with Gasteiger partial charge in [-0.2, -0.15) is 0 Å². The van der Waals surface area contributed by atoms with Gasteiger partial charge in [0.15, 0.2) is 0 Å². The summed E-state index contributed by atoms with van der Waals surface area (Å²) in [5, 5.41) is 14.5. The van der Waals surface area contributed by atoms with Crippen molar-refractivity contribution in [3.8, 4) is 0 Å². The lowest BCUT2D eigenvalue weighted by atomic mass is 9.93. The highest BCUT2D eigenvalue weighted by Gasteiger charge is 2.21. The Hall–Kier alpha value is -1.53. The van der Waals surface area contributed by atoms with Crippen LogP contribution in [0.4, 0.5) is 5.69 Å². The molecule has 0 spiro atoms. The van der Waals surface area contributed by atoms with Gasteiger partial charge in [-0.25, -0.2) is 0 Å². The van der Waals surface area contributed by atoms with Gasteiger partial charge in [0.1, 0.15) is 0 Å². The molecule has 1 aromatic heterocycles. The minimum atomic E-state index is -0.328. The van der Waals surface area contributed by atoms with E-state index >= 15 is 0 Å². The quantitative estimate of drug-likeness (QED) is 0.617. The first-order chi connectivity index (χ1) is 9.64. The number of nitrogens with one attached hydrogen (secondary N) is 1. The zero-order chi connectivity index (χ0) is 16.2. The van der Waals surface area contributed by atoms with Gasteiger partial charge in [-0.1, -0.05) is 13.8 Å². The lowest BCUT2D eigenvalue weighted by molar-refractivity contribution is -0.386. The first kappa shape index (κ1) is 17.5. The van der Waals surface area contributed by atoms with Gasteiger partial charge in [0.25, 0.3) is 5.69 Å². The van der Waals surface area contributed by atoms with E-state index in [0.717, 1.165) is 18.8 Å². The molecule has 118 valence electrons. The van der Waals surface area contributed by atoms with Crippen LogP contribution in [-0.4, -0.2) is 42.0 Å². The fraction of sp³-hybridized carbons (Fsp3) is 0.667. The first-order valence-corrected chi connectivity index (χ1v) is 7.09. The predicted octanol–water partition coefficient (Wildman–Crippen LogP) is 2.28. The minimum Gasteiger partial charge on any atom is -0.311 e. The van der Waals surface area contributed by atoms with Crippen molar-refractivity contribution >= 4 is 5.69 Å². The molecule has 0 aliphatic rings. The van der Waals surface area contributed by atoms with Crippen LogP contribution in [0, 0.1) is 29.4 Å². The molecule has 0 radical (unpaired) electrons. The van der Waals surface area contributed by atoms with Crippen molar-refractivity contribution in [1.29, 1.82) is 0 Å². The monoisotopic (exact) mass is 294 g/mol. The van der Waals surface area contributed by atoms with Crippen LogP contribution in [0.25, 0.3) is 0 Å². The highest BCUT2D eigenvalue weighted by Crippen LogP contribution is 2.24. The molecule has 1 rings (SSSR count). The molecule has 0 amide bonds. The lowest BCUT2D eigenvalue weighted by Crippen LogP contribution is -2.37. The second kappa shape index (κ2) is 6.95. The second-order valence-corrected chi connectivity index (χ2v) is 6.62. The van der Waals surface area contributed by atoms with Crippen molar-refractivity contribution in [2.75, 3.05) is 27.2 Å². The van der Waals surface area contributed by atoms with Crippen LogP contribution in [0.2, 0.25) is 0 Å². The van der Waals surface area contributed by atoms with Crippen molar-refractivity contribution < 1.29 is 4.92 Å². The van der Waals surface area contributed by atoms with Gasteiger partial charge < -0.3 is 10.2 Å². The molecule has 0 fully saturated rings. The van der Waals surface area contributed by atoms with E-state index in [0.29, 0.717) is 17.7 Å². The summed E-state index contributed by atoms with van der Waals surface area (Å²) in [6.07, 6.45) is 1.58. The molecule has 0 saturated heterocycles. The van der Waals surface area contributed by atoms with Gasteiger partial charge in [-0.05, 0) is 33.4 Å². The van der Waals surface area contributed by atoms with Gasteiger partial charge in [-0.3, -0.25) is 15.1 Å². The van der Waals surface area contributed by atoms with Crippen molar-refractivity contribution in [2.24, 2.45) is 5.41 Å². The first-order valence-electron chi connectivity index (χ1n) is 7.09. The molecule has 0 aliphatic carbocycles. The number of hydrogen-bond acceptors (Lipinski definition) is 5. The van der Waals surface area contributed by atoms with E-state index in [1.807, 2.05) is 0 Å². The molecule has 0 unspecified atom stereocenters. The Bertz CT molecular complexity index is 513. The highest BCUT2D eigenvalue weighted by atomic mass is 16.6. The van der Waals surface area contributed by atoms with Crippen LogP contribution in [0.3, 0.4) is 0 Å². The van der Waals surface area contributed by atoms with Gasteiger partial charge in [-0.15, -0.1) is 0 Å². The van der Waals surface area contributed by atoms with E-state index in [-0.39, 0.29) is 16.0 Å². The molecule has 0 saturated carbocycles. The summed E-state index contributed by atoms with van der Waals surface area (Å²) in [4.78, 5) is 17.3. The summed E-state index contributed by atoms with van der Waals surface area (Å²) < 4.78 is 0. The molecule has 1 N–H and O–H groups in total. The molecule has 0 atom stereocenters. The molecule has 0 bridgehead atoms. The fourth-order valence-electron chi connectivity index (χ4n) is 2.66. The standard InChI is InChI=1S/C15H26N4O2/c1-11-7-17-13(12(2)14(11)19(20)21)8-16-9-15(3,4)10-18(5)6/h7,16H,8-10H2,1-6H3. The summed E-state index contributed by atoms with van der Waals surface area (Å²) >= 11 is 0. The molecule has 6 nitrogen and oxygen atoms in total. The molecule has 21 heavy (non-hydrogen) atoms. The van der Waals surface area contributed by atoms with E-state index in [1.165, 1.54) is 0 Å². The van der Waals surface area contributed by atoms with Crippen molar-refractivity contribution in [1.82, 2.24) is 15.2 Å². The zero-order valence-electron chi connectivity index (χ0n) is 13.9. The summed E-state index contributed by atoms with van der Waals surface area (Å²) in [6.45, 7) is 10.2. The van der Waals surface area contributed by atoms with Crippen molar-refractivity contribution in [3.63, 3.8) is 0 Å². The second-order valence-electron chi connectivity index (χ2n) is 6.62. The largest absolute Gasteiger partial charge is 0.311 e. The SMILES string of the molecule is Cc1cnc(CNCC(C)(C)CN(C)C)c(C)c1[N+](=O)[O-]. The molecular formula is C15H26N4O2. The molecule has 0 aromatic carbocycles. The third kappa shape index (κ3) is 5.06. The van der Waals surface area contributed by atoms with Crippen molar-refractivity contribution in [3.05, 3.63) is 33.1 Å². The van der Waals surface area contributed by atoms with Crippen molar-refractivity contribution in [2.45, 2.75) is 34.2 Å². The third-order valence-corrected chi connectivity index (χ3v) is 3.40. The molecular weight excluding hydrogens is 268 g/mol. The van der Waals surface area contributed by atoms with Crippen LogP contribution in [0.5, 0.6) is 0 Å². The summed E-state index contributed by atoms with van der Waals surface area (Å²) in [5.41, 5.74) is 2.31. The van der Waals surface area contributed by atoms with Gasteiger partial charge in [0.2, 0.25) is 0 Å². The number of pyridine rings is 1. The Labute approximate surface area is 126 Å². The van der Waals surface area contributed by atoms with Crippen LogP contribution in [-0.2, 0) is 6.54 Å². The van der Waals surface area contributed by atoms with E-state index in [9.17, 15) is 10.1 Å². The highest BCUT2D eigenvalue weighted by molar-refractivity contribution is 5.47. The van der Waals surface area contributed by atoms with E-state index in [4.69, 9.17) is 0 Å². The fourth-order valence-corrected chi connectivity index (χ4v) is 2.66. The normalized spacial score (nSPS) is 12.0. The average molecular weight is 294 g/mol. The predicted molar refractivity (Wildman–Crippen MR) is 84.4 cm³/mol. The van der Waals surface area contributed by atoms with Crippen LogP contribution >= 0.6 is 0 Å². The Morgan fingerprint density at radius 3 is 2.52 bits per heavy atom. The van der Waals surface area contributed by atoms with Gasteiger partial charge in [0.05, 0.1) is 10.6 Å². The third-order valence-electron chi connectivity index (χ3n) is 3.40. The minimum absolute atomic E-state index is 0.133. The number of hydrogen-bond donors (Lipinski definition) is 1. The number of rotatable bonds is 7. The number of nitro groups is 1. The summed E-state index contributed by atoms with van der Waals surface area (Å²) in [7, 11) is 4.10. The van der Waals surface area contributed by atoms with Gasteiger partial charge in [0, 0.05) is 37.0 Å². The molecule has 1 heterocycles. The maximum Gasteiger partial charge on any atom is 0.278 e. The number of aromatic nitrogens is 1. The van der Waals surface area contributed by atoms with E-state index < -0.39 is 0 Å². The molecule has 1 aromatic rings.